The highest BCUT2D eigenvalue weighted by atomic mass is 14.6. The van der Waals surface area contributed by atoms with Crippen LogP contribution in [0, 0.1) is 17.8 Å². The molecule has 1 rings (SSSR count). The lowest BCUT2D eigenvalue weighted by Gasteiger charge is -2.18. The highest BCUT2D eigenvalue weighted by Crippen LogP contribution is 2.39. The fourth-order valence-electron chi connectivity index (χ4n) is 2.10. The SMILES string of the molecule is C/N=C/C(C)/C(C)=C(/C)C(C)C1C=C1C. The maximum Gasteiger partial charge on any atom is 0.0273 e. The summed E-state index contributed by atoms with van der Waals surface area (Å²) >= 11 is 0. The molecule has 0 aromatic heterocycles. The summed E-state index contributed by atoms with van der Waals surface area (Å²) in [6.07, 6.45) is 4.39. The molecule has 0 fully saturated rings. The Labute approximate surface area is 94.0 Å². The second-order valence-corrected chi connectivity index (χ2v) is 4.79. The van der Waals surface area contributed by atoms with Crippen molar-refractivity contribution in [3.8, 4) is 0 Å². The van der Waals surface area contributed by atoms with Gasteiger partial charge in [0.25, 0.3) is 0 Å². The average molecular weight is 205 g/mol. The van der Waals surface area contributed by atoms with E-state index in [2.05, 4.69) is 45.7 Å². The Morgan fingerprint density at radius 1 is 1.33 bits per heavy atom. The quantitative estimate of drug-likeness (QED) is 0.488. The first kappa shape index (κ1) is 12.2. The molecule has 0 N–H and O–H groups in total. The molecule has 0 spiro atoms. The third-order valence-corrected chi connectivity index (χ3v) is 3.76. The van der Waals surface area contributed by atoms with Crippen LogP contribution in [0.3, 0.4) is 0 Å². The molecular weight excluding hydrogens is 182 g/mol. The number of hydrogen-bond acceptors (Lipinski definition) is 1. The van der Waals surface area contributed by atoms with E-state index >= 15 is 0 Å². The Morgan fingerprint density at radius 2 is 1.87 bits per heavy atom. The third-order valence-electron chi connectivity index (χ3n) is 3.76. The van der Waals surface area contributed by atoms with Crippen LogP contribution in [0.15, 0.2) is 27.8 Å². The molecule has 1 aliphatic rings. The highest BCUT2D eigenvalue weighted by Gasteiger charge is 2.28. The van der Waals surface area contributed by atoms with E-state index in [1.807, 2.05) is 13.3 Å². The van der Waals surface area contributed by atoms with Crippen LogP contribution in [-0.2, 0) is 0 Å². The largest absolute Gasteiger partial charge is 0.300 e. The lowest BCUT2D eigenvalue weighted by atomic mass is 9.87. The molecule has 0 bridgehead atoms. The molecule has 1 nitrogen and oxygen atoms in total. The molecule has 0 aromatic carbocycles. The Kier molecular flexibility index (Phi) is 3.90. The Hall–Kier alpha value is -0.850. The van der Waals surface area contributed by atoms with Crippen molar-refractivity contribution >= 4 is 6.21 Å². The molecule has 1 heteroatoms. The molecule has 3 atom stereocenters. The summed E-state index contributed by atoms with van der Waals surface area (Å²) in [6, 6.07) is 0. The van der Waals surface area contributed by atoms with E-state index < -0.39 is 0 Å². The van der Waals surface area contributed by atoms with Crippen molar-refractivity contribution in [1.29, 1.82) is 0 Å². The van der Waals surface area contributed by atoms with Gasteiger partial charge in [-0.3, -0.25) is 0 Å². The van der Waals surface area contributed by atoms with Gasteiger partial charge in [-0.1, -0.05) is 36.6 Å². The van der Waals surface area contributed by atoms with Crippen molar-refractivity contribution in [1.82, 2.24) is 0 Å². The van der Waals surface area contributed by atoms with Crippen LogP contribution in [0.2, 0.25) is 0 Å². The first-order chi connectivity index (χ1) is 6.99. The van der Waals surface area contributed by atoms with E-state index in [9.17, 15) is 0 Å². The number of rotatable bonds is 4. The van der Waals surface area contributed by atoms with Crippen LogP contribution in [0.1, 0.15) is 34.6 Å². The smallest absolute Gasteiger partial charge is 0.0273 e. The molecule has 3 unspecified atom stereocenters. The van der Waals surface area contributed by atoms with E-state index in [4.69, 9.17) is 0 Å². The summed E-state index contributed by atoms with van der Waals surface area (Å²) in [5.41, 5.74) is 4.55. The van der Waals surface area contributed by atoms with Gasteiger partial charge in [-0.05, 0) is 26.7 Å². The second kappa shape index (κ2) is 4.78. The molecule has 0 aromatic rings. The van der Waals surface area contributed by atoms with Crippen LogP contribution < -0.4 is 0 Å². The van der Waals surface area contributed by atoms with Crippen LogP contribution >= 0.6 is 0 Å². The highest BCUT2D eigenvalue weighted by molar-refractivity contribution is 5.64. The Bertz CT molecular complexity index is 320. The average Bonchev–Trinajstić information content (AvgIpc) is 2.92. The molecule has 0 heterocycles. The summed E-state index contributed by atoms with van der Waals surface area (Å²) in [6.45, 7) is 11.3. The number of nitrogens with zero attached hydrogens (tertiary/aromatic N) is 1. The number of hydrogen-bond donors (Lipinski definition) is 0. The summed E-state index contributed by atoms with van der Waals surface area (Å²) in [5, 5.41) is 0. The molecule has 1 aliphatic carbocycles. The zero-order chi connectivity index (χ0) is 11.6. The monoisotopic (exact) mass is 205 g/mol. The van der Waals surface area contributed by atoms with Gasteiger partial charge in [-0.15, -0.1) is 0 Å². The third kappa shape index (κ3) is 2.80. The normalized spacial score (nSPS) is 26.0. The standard InChI is InChI=1S/C14H23N/c1-9-7-14(9)13(5)12(4)11(3)10(2)8-15-6/h7-8,10,13-14H,1-6H3/b12-11-,15-8+. The minimum atomic E-state index is 0.469. The van der Waals surface area contributed by atoms with Gasteiger partial charge in [-0.2, -0.15) is 0 Å². The lowest BCUT2D eigenvalue weighted by Crippen LogP contribution is -2.08. The molecule has 0 amide bonds. The van der Waals surface area contributed by atoms with Crippen molar-refractivity contribution in [2.24, 2.45) is 22.7 Å². The van der Waals surface area contributed by atoms with Gasteiger partial charge in [0, 0.05) is 25.1 Å². The zero-order valence-electron chi connectivity index (χ0n) is 10.8. The molecular formula is C14H23N. The van der Waals surface area contributed by atoms with E-state index in [0.717, 1.165) is 5.92 Å². The predicted octanol–water partition coefficient (Wildman–Crippen LogP) is 3.87. The van der Waals surface area contributed by atoms with Gasteiger partial charge in [0.2, 0.25) is 0 Å². The van der Waals surface area contributed by atoms with Gasteiger partial charge < -0.3 is 4.99 Å². The topological polar surface area (TPSA) is 12.4 Å². The Morgan fingerprint density at radius 3 is 2.27 bits per heavy atom. The van der Waals surface area contributed by atoms with Gasteiger partial charge in [0.05, 0.1) is 0 Å². The Balaban J connectivity index is 2.71. The summed E-state index contributed by atoms with van der Waals surface area (Å²) in [5.74, 6) is 1.86. The van der Waals surface area contributed by atoms with E-state index in [0.29, 0.717) is 11.8 Å². The van der Waals surface area contributed by atoms with E-state index in [1.54, 1.807) is 5.57 Å². The van der Waals surface area contributed by atoms with Crippen molar-refractivity contribution < 1.29 is 0 Å². The lowest BCUT2D eigenvalue weighted by molar-refractivity contribution is 0.603. The van der Waals surface area contributed by atoms with Gasteiger partial charge >= 0.3 is 0 Å². The van der Waals surface area contributed by atoms with Gasteiger partial charge in [0.15, 0.2) is 0 Å². The first-order valence-electron chi connectivity index (χ1n) is 5.76. The first-order valence-corrected chi connectivity index (χ1v) is 5.76. The van der Waals surface area contributed by atoms with Crippen molar-refractivity contribution in [3.05, 3.63) is 22.8 Å². The van der Waals surface area contributed by atoms with Crippen molar-refractivity contribution in [2.75, 3.05) is 7.05 Å². The molecule has 15 heavy (non-hydrogen) atoms. The van der Waals surface area contributed by atoms with Crippen LogP contribution in [0.25, 0.3) is 0 Å². The zero-order valence-corrected chi connectivity index (χ0v) is 10.8. The maximum absolute atomic E-state index is 4.10. The minimum Gasteiger partial charge on any atom is -0.300 e. The summed E-state index contributed by atoms with van der Waals surface area (Å²) in [7, 11) is 1.84. The van der Waals surface area contributed by atoms with Crippen LogP contribution in [0.5, 0.6) is 0 Å². The van der Waals surface area contributed by atoms with Gasteiger partial charge in [0.1, 0.15) is 0 Å². The number of allylic oxidation sites excluding steroid dienone is 4. The molecule has 0 aliphatic heterocycles. The van der Waals surface area contributed by atoms with Crippen LogP contribution in [0.4, 0.5) is 0 Å². The maximum atomic E-state index is 4.10. The van der Waals surface area contributed by atoms with Gasteiger partial charge in [-0.25, -0.2) is 0 Å². The fraction of sp³-hybridized carbons (Fsp3) is 0.643. The van der Waals surface area contributed by atoms with Crippen molar-refractivity contribution in [3.63, 3.8) is 0 Å². The second-order valence-electron chi connectivity index (χ2n) is 4.79. The van der Waals surface area contributed by atoms with Crippen molar-refractivity contribution in [2.45, 2.75) is 34.6 Å². The molecule has 0 radical (unpaired) electrons. The molecule has 0 saturated heterocycles. The summed E-state index contributed by atoms with van der Waals surface area (Å²) in [4.78, 5) is 4.10. The molecule has 84 valence electrons. The molecule has 0 saturated carbocycles. The van der Waals surface area contributed by atoms with E-state index in [-0.39, 0.29) is 0 Å². The fourth-order valence-corrected chi connectivity index (χ4v) is 2.10. The van der Waals surface area contributed by atoms with E-state index in [1.165, 1.54) is 11.1 Å². The van der Waals surface area contributed by atoms with Crippen LogP contribution in [-0.4, -0.2) is 13.3 Å². The predicted molar refractivity (Wildman–Crippen MR) is 68.4 cm³/mol. The minimum absolute atomic E-state index is 0.469. The summed E-state index contributed by atoms with van der Waals surface area (Å²) < 4.78 is 0. The number of aliphatic imine (C=N–C) groups is 1.